The lowest BCUT2D eigenvalue weighted by Crippen LogP contribution is -2.53. The van der Waals surface area contributed by atoms with Gasteiger partial charge in [-0.15, -0.1) is 0 Å². The van der Waals surface area contributed by atoms with Crippen LogP contribution in [0.25, 0.3) is 0 Å². The first kappa shape index (κ1) is 14.8. The Labute approximate surface area is 119 Å². The zero-order valence-corrected chi connectivity index (χ0v) is 11.9. The second-order valence-electron chi connectivity index (χ2n) is 5.38. The van der Waals surface area contributed by atoms with Gasteiger partial charge in [-0.05, 0) is 26.0 Å². The Morgan fingerprint density at radius 2 is 2.25 bits per heavy atom. The molecule has 1 saturated heterocycles. The van der Waals surface area contributed by atoms with Gasteiger partial charge in [-0.25, -0.2) is 4.39 Å². The minimum Gasteiger partial charge on any atom is -0.392 e. The van der Waals surface area contributed by atoms with E-state index in [-0.39, 0.29) is 17.7 Å². The summed E-state index contributed by atoms with van der Waals surface area (Å²) in [7, 11) is 0. The number of piperazine rings is 1. The van der Waals surface area contributed by atoms with Crippen LogP contribution in [0, 0.1) is 17.1 Å². The van der Waals surface area contributed by atoms with Crippen molar-refractivity contribution in [2.75, 3.05) is 31.1 Å². The molecule has 2 unspecified atom stereocenters. The van der Waals surface area contributed by atoms with E-state index in [9.17, 15) is 9.50 Å². The third kappa shape index (κ3) is 3.09. The molecule has 0 bridgehead atoms. The molecule has 0 aromatic heterocycles. The molecule has 0 amide bonds. The molecular formula is C15H20FN3O. The van der Waals surface area contributed by atoms with Crippen LogP contribution in [0.15, 0.2) is 18.2 Å². The molecular weight excluding hydrogens is 257 g/mol. The van der Waals surface area contributed by atoms with E-state index in [2.05, 4.69) is 11.8 Å². The number of halogens is 1. The number of nitriles is 1. The number of nitrogens with zero attached hydrogens (tertiary/aromatic N) is 3. The Morgan fingerprint density at radius 3 is 2.85 bits per heavy atom. The fourth-order valence-electron chi connectivity index (χ4n) is 2.71. The zero-order chi connectivity index (χ0) is 14.7. The fraction of sp³-hybridized carbons (Fsp3) is 0.533. The van der Waals surface area contributed by atoms with Crippen molar-refractivity contribution < 1.29 is 9.50 Å². The van der Waals surface area contributed by atoms with Crippen molar-refractivity contribution in [2.24, 2.45) is 0 Å². The molecule has 20 heavy (non-hydrogen) atoms. The van der Waals surface area contributed by atoms with E-state index in [1.54, 1.807) is 19.1 Å². The summed E-state index contributed by atoms with van der Waals surface area (Å²) in [5, 5.41) is 18.6. The van der Waals surface area contributed by atoms with Crippen LogP contribution in [0.5, 0.6) is 0 Å². The van der Waals surface area contributed by atoms with E-state index in [0.717, 1.165) is 19.6 Å². The van der Waals surface area contributed by atoms with Crippen molar-refractivity contribution in [2.45, 2.75) is 26.0 Å². The number of hydrogen-bond acceptors (Lipinski definition) is 4. The van der Waals surface area contributed by atoms with Crippen LogP contribution in [0.2, 0.25) is 0 Å². The molecule has 5 heteroatoms. The number of aliphatic hydroxyl groups excluding tert-OH is 1. The Bertz CT molecular complexity index is 512. The standard InChI is InChI=1S/C15H20FN3O/c1-11-9-19(7-6-18(11)10-12(2)20)15-5-3-4-14(16)13(15)8-17/h3-5,11-12,20H,6-7,9-10H2,1-2H3. The van der Waals surface area contributed by atoms with E-state index in [1.807, 2.05) is 11.0 Å². The van der Waals surface area contributed by atoms with E-state index in [1.165, 1.54) is 6.07 Å². The maximum absolute atomic E-state index is 13.7. The largest absolute Gasteiger partial charge is 0.392 e. The smallest absolute Gasteiger partial charge is 0.143 e. The predicted molar refractivity (Wildman–Crippen MR) is 76.0 cm³/mol. The molecule has 2 atom stereocenters. The van der Waals surface area contributed by atoms with Gasteiger partial charge in [0.15, 0.2) is 0 Å². The highest BCUT2D eigenvalue weighted by Crippen LogP contribution is 2.25. The lowest BCUT2D eigenvalue weighted by Gasteiger charge is -2.41. The Kier molecular flexibility index (Phi) is 4.58. The molecule has 1 aromatic rings. The van der Waals surface area contributed by atoms with Gasteiger partial charge >= 0.3 is 0 Å². The topological polar surface area (TPSA) is 50.5 Å². The van der Waals surface area contributed by atoms with Gasteiger partial charge in [-0.3, -0.25) is 4.90 Å². The van der Waals surface area contributed by atoms with Gasteiger partial charge in [-0.1, -0.05) is 6.07 Å². The van der Waals surface area contributed by atoms with Crippen molar-refractivity contribution in [3.8, 4) is 6.07 Å². The van der Waals surface area contributed by atoms with Crippen LogP contribution in [-0.4, -0.2) is 48.3 Å². The first-order valence-electron chi connectivity index (χ1n) is 6.88. The quantitative estimate of drug-likeness (QED) is 0.911. The van der Waals surface area contributed by atoms with Gasteiger partial charge in [0.05, 0.1) is 11.8 Å². The van der Waals surface area contributed by atoms with Crippen molar-refractivity contribution in [3.05, 3.63) is 29.6 Å². The van der Waals surface area contributed by atoms with Gasteiger partial charge in [-0.2, -0.15) is 5.26 Å². The number of aliphatic hydroxyl groups is 1. The number of benzene rings is 1. The number of anilines is 1. The average molecular weight is 277 g/mol. The summed E-state index contributed by atoms with van der Waals surface area (Å²) in [6.45, 7) is 6.76. The van der Waals surface area contributed by atoms with Crippen LogP contribution in [-0.2, 0) is 0 Å². The number of β-amino-alcohol motifs (C(OH)–C–C–N with tert-alkyl or cyclic N) is 1. The van der Waals surface area contributed by atoms with Crippen molar-refractivity contribution in [3.63, 3.8) is 0 Å². The molecule has 1 aromatic carbocycles. The Hall–Kier alpha value is -1.64. The van der Waals surface area contributed by atoms with Crippen LogP contribution in [0.4, 0.5) is 10.1 Å². The van der Waals surface area contributed by atoms with E-state index < -0.39 is 5.82 Å². The molecule has 0 aliphatic carbocycles. The highest BCUT2D eigenvalue weighted by molar-refractivity contribution is 5.60. The maximum Gasteiger partial charge on any atom is 0.143 e. The molecule has 1 aliphatic heterocycles. The molecule has 1 heterocycles. The summed E-state index contributed by atoms with van der Waals surface area (Å²) in [6, 6.07) is 6.95. The molecule has 4 nitrogen and oxygen atoms in total. The fourth-order valence-corrected chi connectivity index (χ4v) is 2.71. The van der Waals surface area contributed by atoms with Crippen LogP contribution in [0.1, 0.15) is 19.4 Å². The average Bonchev–Trinajstić information content (AvgIpc) is 2.40. The van der Waals surface area contributed by atoms with Gasteiger partial charge in [0.25, 0.3) is 0 Å². The SMILES string of the molecule is CC(O)CN1CCN(c2cccc(F)c2C#N)CC1C. The molecule has 1 N–H and O–H groups in total. The highest BCUT2D eigenvalue weighted by atomic mass is 19.1. The van der Waals surface area contributed by atoms with Crippen LogP contribution < -0.4 is 4.90 Å². The molecule has 0 saturated carbocycles. The van der Waals surface area contributed by atoms with Gasteiger partial charge in [0, 0.05) is 32.2 Å². The highest BCUT2D eigenvalue weighted by Gasteiger charge is 2.26. The van der Waals surface area contributed by atoms with Crippen molar-refractivity contribution in [1.82, 2.24) is 4.90 Å². The minimum absolute atomic E-state index is 0.115. The molecule has 0 spiro atoms. The van der Waals surface area contributed by atoms with E-state index in [0.29, 0.717) is 12.2 Å². The summed E-state index contributed by atoms with van der Waals surface area (Å²) >= 11 is 0. The third-order valence-corrected chi connectivity index (χ3v) is 3.71. The lowest BCUT2D eigenvalue weighted by atomic mass is 10.1. The first-order chi connectivity index (χ1) is 9.52. The first-order valence-corrected chi connectivity index (χ1v) is 6.88. The summed E-state index contributed by atoms with van der Waals surface area (Å²) in [5.74, 6) is -0.468. The Morgan fingerprint density at radius 1 is 1.50 bits per heavy atom. The third-order valence-electron chi connectivity index (χ3n) is 3.71. The molecule has 1 fully saturated rings. The lowest BCUT2D eigenvalue weighted by molar-refractivity contribution is 0.0960. The number of hydrogen-bond donors (Lipinski definition) is 1. The minimum atomic E-state index is -0.468. The maximum atomic E-state index is 13.7. The number of rotatable bonds is 3. The monoisotopic (exact) mass is 277 g/mol. The summed E-state index contributed by atoms with van der Waals surface area (Å²) in [6.07, 6.45) is -0.354. The molecule has 0 radical (unpaired) electrons. The molecule has 108 valence electrons. The van der Waals surface area contributed by atoms with Crippen LogP contribution in [0.3, 0.4) is 0 Å². The molecule has 1 aliphatic rings. The summed E-state index contributed by atoms with van der Waals surface area (Å²) in [5.41, 5.74) is 0.778. The van der Waals surface area contributed by atoms with Gasteiger partial charge in [0.1, 0.15) is 17.4 Å². The van der Waals surface area contributed by atoms with Crippen molar-refractivity contribution >= 4 is 5.69 Å². The Balaban J connectivity index is 2.14. The summed E-state index contributed by atoms with van der Waals surface area (Å²) < 4.78 is 13.7. The predicted octanol–water partition coefficient (Wildman–Crippen LogP) is 1.59. The summed E-state index contributed by atoms with van der Waals surface area (Å²) in [4.78, 5) is 4.26. The van der Waals surface area contributed by atoms with Crippen LogP contribution >= 0.6 is 0 Å². The normalized spacial score (nSPS) is 21.6. The zero-order valence-electron chi connectivity index (χ0n) is 11.9. The second kappa shape index (κ2) is 6.21. The second-order valence-corrected chi connectivity index (χ2v) is 5.38. The molecule has 2 rings (SSSR count). The van der Waals surface area contributed by atoms with Gasteiger partial charge < -0.3 is 10.0 Å². The van der Waals surface area contributed by atoms with E-state index >= 15 is 0 Å². The van der Waals surface area contributed by atoms with Crippen molar-refractivity contribution in [1.29, 1.82) is 5.26 Å². The van der Waals surface area contributed by atoms with Gasteiger partial charge in [0.2, 0.25) is 0 Å². The van der Waals surface area contributed by atoms with E-state index in [4.69, 9.17) is 5.26 Å².